The van der Waals surface area contributed by atoms with Gasteiger partial charge in [0, 0.05) is 13.6 Å². The van der Waals surface area contributed by atoms with Crippen LogP contribution in [0.5, 0.6) is 17.2 Å². The van der Waals surface area contributed by atoms with Gasteiger partial charge in [0.2, 0.25) is 23.6 Å². The number of benzene rings is 3. The molecule has 1 aliphatic rings. The molecule has 0 unspecified atom stereocenters. The van der Waals surface area contributed by atoms with Gasteiger partial charge in [-0.3, -0.25) is 24.0 Å². The van der Waals surface area contributed by atoms with Crippen molar-refractivity contribution in [3.05, 3.63) is 89.5 Å². The number of carbonyl (C=O) groups excluding carboxylic acids is 5. The maximum atomic E-state index is 13.8. The number of carbonyl (C=O) groups is 5. The van der Waals surface area contributed by atoms with Gasteiger partial charge in [-0.2, -0.15) is 0 Å². The Morgan fingerprint density at radius 1 is 0.887 bits per heavy atom. The lowest BCUT2D eigenvalue weighted by atomic mass is 10.0. The number of fused-ring (bicyclic) bond motifs is 1. The van der Waals surface area contributed by atoms with Crippen LogP contribution < -0.4 is 35.5 Å². The summed E-state index contributed by atoms with van der Waals surface area (Å²) in [5.74, 6) is -1.16. The molecule has 4 rings (SSSR count). The van der Waals surface area contributed by atoms with E-state index >= 15 is 0 Å². The fourth-order valence-corrected chi connectivity index (χ4v) is 6.09. The Hall–Kier alpha value is -5.59. The van der Waals surface area contributed by atoms with E-state index in [0.717, 1.165) is 11.1 Å². The number of amides is 5. The minimum absolute atomic E-state index is 0.0165. The zero-order valence-corrected chi connectivity index (χ0v) is 31.1. The van der Waals surface area contributed by atoms with Crippen LogP contribution in [0.25, 0.3) is 0 Å². The lowest BCUT2D eigenvalue weighted by molar-refractivity contribution is -0.139. The number of hydrogen-bond donors (Lipinski definition) is 4. The molecule has 284 valence electrons. The molecule has 5 amide bonds. The molecule has 3 aromatic carbocycles. The Balaban J connectivity index is 1.57. The number of hydrogen-bond acceptors (Lipinski definition) is 8. The van der Waals surface area contributed by atoms with E-state index < -0.39 is 54.1 Å². The van der Waals surface area contributed by atoms with Crippen molar-refractivity contribution in [3.63, 3.8) is 0 Å². The Labute approximate surface area is 311 Å². The van der Waals surface area contributed by atoms with Crippen molar-refractivity contribution < 1.29 is 38.2 Å². The molecular weight excluding hydrogens is 678 g/mol. The molecule has 1 heterocycles. The zero-order chi connectivity index (χ0) is 38.3. The van der Waals surface area contributed by atoms with Gasteiger partial charge in [0.25, 0.3) is 5.91 Å². The maximum absolute atomic E-state index is 13.8. The first-order valence-corrected chi connectivity index (χ1v) is 17.9. The van der Waals surface area contributed by atoms with Gasteiger partial charge in [0.1, 0.15) is 24.4 Å². The molecule has 0 radical (unpaired) electrons. The van der Waals surface area contributed by atoms with Gasteiger partial charge in [0.15, 0.2) is 11.5 Å². The van der Waals surface area contributed by atoms with Crippen molar-refractivity contribution >= 4 is 29.5 Å². The van der Waals surface area contributed by atoms with Gasteiger partial charge < -0.3 is 40.4 Å². The number of nitrogens with zero attached hydrogens (tertiary/aromatic N) is 1. The van der Waals surface area contributed by atoms with Crippen molar-refractivity contribution in [3.8, 4) is 17.2 Å². The molecule has 0 fully saturated rings. The van der Waals surface area contributed by atoms with Crippen LogP contribution in [0.3, 0.4) is 0 Å². The quantitative estimate of drug-likeness (QED) is 0.219. The van der Waals surface area contributed by atoms with E-state index in [1.165, 1.54) is 11.9 Å². The third-order valence-electron chi connectivity index (χ3n) is 8.76. The summed E-state index contributed by atoms with van der Waals surface area (Å²) in [7, 11) is 4.64. The van der Waals surface area contributed by atoms with Crippen LogP contribution in [0.15, 0.2) is 72.8 Å². The summed E-state index contributed by atoms with van der Waals surface area (Å²) in [4.78, 5) is 69.1. The second-order valence-corrected chi connectivity index (χ2v) is 13.5. The average molecular weight is 730 g/mol. The number of para-hydroxylation sites is 1. The average Bonchev–Trinajstić information content (AvgIpc) is 3.14. The number of nitrogens with one attached hydrogen (secondary N) is 4. The predicted octanol–water partition coefficient (Wildman–Crippen LogP) is 3.05. The number of methoxy groups -OCH3 is 2. The molecule has 0 aliphatic carbocycles. The Kier molecular flexibility index (Phi) is 15.1. The fourth-order valence-electron chi connectivity index (χ4n) is 6.09. The van der Waals surface area contributed by atoms with Gasteiger partial charge in [0.05, 0.1) is 38.8 Å². The third-order valence-corrected chi connectivity index (χ3v) is 8.76. The van der Waals surface area contributed by atoms with Gasteiger partial charge >= 0.3 is 0 Å². The maximum Gasteiger partial charge on any atom is 0.255 e. The highest BCUT2D eigenvalue weighted by Crippen LogP contribution is 2.28. The molecule has 0 bridgehead atoms. The second kappa shape index (κ2) is 19.9. The van der Waals surface area contributed by atoms with E-state index in [1.54, 1.807) is 38.5 Å². The van der Waals surface area contributed by atoms with Crippen LogP contribution in [0.1, 0.15) is 54.6 Å². The predicted molar refractivity (Wildman–Crippen MR) is 200 cm³/mol. The zero-order valence-electron chi connectivity index (χ0n) is 31.1. The number of aryl methyl sites for hydroxylation is 1. The van der Waals surface area contributed by atoms with Crippen molar-refractivity contribution in [2.45, 2.75) is 64.1 Å². The molecule has 0 saturated heterocycles. The van der Waals surface area contributed by atoms with Crippen LogP contribution >= 0.6 is 0 Å². The highest BCUT2D eigenvalue weighted by molar-refractivity contribution is 6.01. The van der Waals surface area contributed by atoms with Gasteiger partial charge in [-0.1, -0.05) is 62.4 Å². The van der Waals surface area contributed by atoms with Crippen LogP contribution in [0.4, 0.5) is 0 Å². The first kappa shape index (κ1) is 40.2. The fraction of sp³-hybridized carbons (Fsp3) is 0.425. The summed E-state index contributed by atoms with van der Waals surface area (Å²) in [5.41, 5.74) is 2.09. The summed E-state index contributed by atoms with van der Waals surface area (Å²) in [6.07, 6.45) is 1.49. The highest BCUT2D eigenvalue weighted by Gasteiger charge is 2.31. The minimum Gasteiger partial charge on any atom is -0.493 e. The summed E-state index contributed by atoms with van der Waals surface area (Å²) in [5, 5.41) is 11.3. The van der Waals surface area contributed by atoms with Crippen molar-refractivity contribution in [2.24, 2.45) is 5.92 Å². The van der Waals surface area contributed by atoms with E-state index in [2.05, 4.69) is 21.3 Å². The molecule has 13 nitrogen and oxygen atoms in total. The number of ether oxygens (including phenoxy) is 3. The van der Waals surface area contributed by atoms with Crippen molar-refractivity contribution in [1.29, 1.82) is 0 Å². The number of rotatable bonds is 11. The summed E-state index contributed by atoms with van der Waals surface area (Å²) >= 11 is 0. The first-order valence-electron chi connectivity index (χ1n) is 17.9. The van der Waals surface area contributed by atoms with E-state index in [0.29, 0.717) is 37.2 Å². The van der Waals surface area contributed by atoms with Crippen LogP contribution in [-0.2, 0) is 32.0 Å². The molecule has 4 N–H and O–H groups in total. The molecule has 3 aromatic rings. The summed E-state index contributed by atoms with van der Waals surface area (Å²) in [6.45, 7) is 3.86. The smallest absolute Gasteiger partial charge is 0.255 e. The second-order valence-electron chi connectivity index (χ2n) is 13.5. The normalized spacial score (nSPS) is 18.8. The SMILES string of the molecule is COc1ccc(CCCNC(=O)[C@@H]2CC(=O)N[C@H](CC(C)C)C(=O)N(C)CC(=O)N[C@H](Cc3ccccc3)COc3ccccc3C(=O)N2)cc1OC. The molecule has 3 atom stereocenters. The third kappa shape index (κ3) is 12.3. The molecule has 1 aliphatic heterocycles. The summed E-state index contributed by atoms with van der Waals surface area (Å²) in [6, 6.07) is 19.0. The van der Waals surface area contributed by atoms with Gasteiger partial charge in [-0.25, -0.2) is 0 Å². The van der Waals surface area contributed by atoms with E-state index in [9.17, 15) is 24.0 Å². The van der Waals surface area contributed by atoms with Gasteiger partial charge in [-0.15, -0.1) is 0 Å². The molecule has 0 saturated carbocycles. The Morgan fingerprint density at radius 2 is 1.60 bits per heavy atom. The van der Waals surface area contributed by atoms with E-state index in [1.807, 2.05) is 62.4 Å². The number of likely N-dealkylation sites (N-methyl/N-ethyl adjacent to an activating group) is 1. The lowest BCUT2D eigenvalue weighted by Crippen LogP contribution is -2.53. The Morgan fingerprint density at radius 3 is 2.32 bits per heavy atom. The first-order chi connectivity index (χ1) is 25.5. The van der Waals surface area contributed by atoms with Gasteiger partial charge in [-0.05, 0) is 67.0 Å². The lowest BCUT2D eigenvalue weighted by Gasteiger charge is -2.27. The largest absolute Gasteiger partial charge is 0.493 e. The van der Waals surface area contributed by atoms with E-state index in [4.69, 9.17) is 14.2 Å². The highest BCUT2D eigenvalue weighted by atomic mass is 16.5. The minimum atomic E-state index is -1.27. The standard InChI is InChI=1S/C40H51N5O8/c1-26(2)20-32-40(50)45(3)24-37(47)42-29(21-27-12-7-6-8-13-27)25-53-33-16-10-9-15-30(33)38(48)44-31(23-36(46)43-32)39(49)41-19-11-14-28-17-18-34(51-4)35(22-28)52-5/h6-10,12-13,15-18,22,26,29,31-32H,11,14,19-21,23-25H2,1-5H3,(H,41,49)(H,42,47)(H,43,46)(H,44,48)/t29-,31+,32-/m1/s1. The molecule has 53 heavy (non-hydrogen) atoms. The van der Waals surface area contributed by atoms with Crippen molar-refractivity contribution in [1.82, 2.24) is 26.2 Å². The topological polar surface area (TPSA) is 164 Å². The van der Waals surface area contributed by atoms with Crippen LogP contribution in [0, 0.1) is 5.92 Å². The van der Waals surface area contributed by atoms with Crippen LogP contribution in [0.2, 0.25) is 0 Å². The van der Waals surface area contributed by atoms with E-state index in [-0.39, 0.29) is 36.9 Å². The summed E-state index contributed by atoms with van der Waals surface area (Å²) < 4.78 is 16.8. The monoisotopic (exact) mass is 729 g/mol. The van der Waals surface area contributed by atoms with Crippen molar-refractivity contribution in [2.75, 3.05) is 41.0 Å². The molecule has 0 spiro atoms. The van der Waals surface area contributed by atoms with Crippen LogP contribution in [-0.4, -0.2) is 93.5 Å². The molecule has 13 heteroatoms. The molecular formula is C40H51N5O8. The molecule has 0 aromatic heterocycles. The Bertz CT molecular complexity index is 1720.